The third-order valence-corrected chi connectivity index (χ3v) is 3.20. The van der Waals surface area contributed by atoms with Gasteiger partial charge >= 0.3 is 10.1 Å². The van der Waals surface area contributed by atoms with Gasteiger partial charge in [0, 0.05) is 11.1 Å². The van der Waals surface area contributed by atoms with Crippen molar-refractivity contribution in [2.75, 3.05) is 6.26 Å². The Morgan fingerprint density at radius 1 is 1.39 bits per heavy atom. The van der Waals surface area contributed by atoms with E-state index in [2.05, 4.69) is 14.8 Å². The molecule has 0 aliphatic rings. The molecular formula is C13H12ClN3O5S. The predicted molar refractivity (Wildman–Crippen MR) is 84.2 cm³/mol. The van der Waals surface area contributed by atoms with Crippen molar-refractivity contribution in [2.45, 2.75) is 0 Å². The van der Waals surface area contributed by atoms with Gasteiger partial charge in [-0.15, -0.1) is 0 Å². The van der Waals surface area contributed by atoms with Crippen LogP contribution in [0.4, 0.5) is 0 Å². The number of benzene rings is 1. The Balaban J connectivity index is 2.16. The normalized spacial score (nSPS) is 12.0. The van der Waals surface area contributed by atoms with Gasteiger partial charge in [0.1, 0.15) is 0 Å². The summed E-state index contributed by atoms with van der Waals surface area (Å²) in [6.45, 7) is 0. The maximum Gasteiger partial charge on any atom is 0.325 e. The number of oxime groups is 1. The lowest BCUT2D eigenvalue weighted by atomic mass is 10.1. The smallest absolute Gasteiger partial charge is 0.325 e. The van der Waals surface area contributed by atoms with Gasteiger partial charge in [-0.05, 0) is 40.5 Å². The summed E-state index contributed by atoms with van der Waals surface area (Å²) in [6.07, 6.45) is 2.22. The summed E-state index contributed by atoms with van der Waals surface area (Å²) < 4.78 is 30.7. The van der Waals surface area contributed by atoms with Crippen molar-refractivity contribution in [3.05, 3.63) is 47.4 Å². The molecule has 1 heterocycles. The second-order valence-electron chi connectivity index (χ2n) is 4.40. The highest BCUT2D eigenvalue weighted by Crippen LogP contribution is 2.29. The van der Waals surface area contributed by atoms with Crippen LogP contribution in [0.2, 0.25) is 5.22 Å². The highest BCUT2D eigenvalue weighted by atomic mass is 35.5. The molecule has 8 nitrogen and oxygen atoms in total. The molecule has 0 saturated heterocycles. The molecule has 10 heteroatoms. The van der Waals surface area contributed by atoms with Gasteiger partial charge in [0.05, 0.1) is 12.5 Å². The van der Waals surface area contributed by atoms with Gasteiger partial charge in [0.2, 0.25) is 11.2 Å². The second kappa shape index (κ2) is 6.71. The van der Waals surface area contributed by atoms with E-state index in [9.17, 15) is 13.2 Å². The second-order valence-corrected chi connectivity index (χ2v) is 6.30. The Hall–Kier alpha value is -2.52. The van der Waals surface area contributed by atoms with Gasteiger partial charge in [0.25, 0.3) is 5.91 Å². The van der Waals surface area contributed by atoms with Crippen LogP contribution in [0.15, 0.2) is 46.2 Å². The number of carbonyl (C=O) groups is 1. The highest BCUT2D eigenvalue weighted by molar-refractivity contribution is 7.85. The Morgan fingerprint density at radius 2 is 2.13 bits per heavy atom. The van der Waals surface area contributed by atoms with E-state index in [0.29, 0.717) is 11.1 Å². The zero-order valence-corrected chi connectivity index (χ0v) is 13.4. The fraction of sp³-hybridized carbons (Fsp3) is 0.0769. The molecule has 0 saturated carbocycles. The molecule has 0 bridgehead atoms. The minimum atomic E-state index is -3.80. The molecule has 3 N–H and O–H groups in total. The van der Waals surface area contributed by atoms with Crippen LogP contribution in [0.5, 0.6) is 0 Å². The highest BCUT2D eigenvalue weighted by Gasteiger charge is 2.12. The molecule has 0 radical (unpaired) electrons. The van der Waals surface area contributed by atoms with Crippen LogP contribution in [0.3, 0.4) is 0 Å². The molecule has 0 aliphatic carbocycles. The third kappa shape index (κ3) is 4.73. The standard InChI is InChI=1S/C13H12ClN3O5S/c1-23(19,20)22-17-13(15)16-12(18)9-4-2-3-8(7-9)10-5-6-21-11(10)14/h2-7H,1H3,(H3,15,16,17,18). The van der Waals surface area contributed by atoms with E-state index in [0.717, 1.165) is 6.26 Å². The molecule has 2 aromatic rings. The van der Waals surface area contributed by atoms with E-state index in [4.69, 9.17) is 21.8 Å². The van der Waals surface area contributed by atoms with Crippen molar-refractivity contribution >= 4 is 33.6 Å². The zero-order chi connectivity index (χ0) is 17.0. The lowest BCUT2D eigenvalue weighted by molar-refractivity contribution is 0.0975. The number of furan rings is 1. The van der Waals surface area contributed by atoms with E-state index in [-0.39, 0.29) is 10.8 Å². The molecule has 2 rings (SSSR count). The van der Waals surface area contributed by atoms with Crippen LogP contribution >= 0.6 is 11.6 Å². The molecule has 0 fully saturated rings. The molecule has 1 amide bonds. The maximum absolute atomic E-state index is 12.1. The third-order valence-electron chi connectivity index (χ3n) is 2.57. The van der Waals surface area contributed by atoms with Gasteiger partial charge < -0.3 is 10.2 Å². The maximum atomic E-state index is 12.1. The number of rotatable bonds is 4. The molecule has 0 aliphatic heterocycles. The molecule has 1 aromatic carbocycles. The van der Waals surface area contributed by atoms with Crippen LogP contribution in [-0.4, -0.2) is 26.5 Å². The Kier molecular flexibility index (Phi) is 4.92. The lowest BCUT2D eigenvalue weighted by Gasteiger charge is -2.05. The first-order valence-electron chi connectivity index (χ1n) is 6.13. The van der Waals surface area contributed by atoms with Crippen LogP contribution in [-0.2, 0) is 14.4 Å². The van der Waals surface area contributed by atoms with E-state index in [1.807, 2.05) is 0 Å². The molecule has 0 atom stereocenters. The minimum absolute atomic E-state index is 0.199. The van der Waals surface area contributed by atoms with Crippen molar-refractivity contribution in [3.8, 4) is 11.1 Å². The molecule has 0 spiro atoms. The first-order chi connectivity index (χ1) is 10.8. The lowest BCUT2D eigenvalue weighted by Crippen LogP contribution is -2.37. The molecular weight excluding hydrogens is 346 g/mol. The summed E-state index contributed by atoms with van der Waals surface area (Å²) in [5, 5.41) is 5.48. The van der Waals surface area contributed by atoms with Crippen molar-refractivity contribution in [2.24, 2.45) is 10.9 Å². The number of guanidine groups is 1. The summed E-state index contributed by atoms with van der Waals surface area (Å²) in [5.41, 5.74) is 6.92. The van der Waals surface area contributed by atoms with Gasteiger partial charge in [-0.3, -0.25) is 14.4 Å². The summed E-state index contributed by atoms with van der Waals surface area (Å²) in [7, 11) is -3.80. The van der Waals surface area contributed by atoms with E-state index < -0.39 is 22.0 Å². The number of nitrogens with one attached hydrogen (secondary N) is 1. The van der Waals surface area contributed by atoms with Crippen LogP contribution in [0, 0.1) is 0 Å². The average molecular weight is 358 g/mol. The topological polar surface area (TPSA) is 124 Å². The van der Waals surface area contributed by atoms with E-state index in [1.54, 1.807) is 24.3 Å². The molecule has 122 valence electrons. The summed E-state index contributed by atoms with van der Waals surface area (Å²) in [4.78, 5) is 12.1. The first kappa shape index (κ1) is 16.8. The van der Waals surface area contributed by atoms with Gasteiger partial charge in [-0.2, -0.15) is 8.42 Å². The minimum Gasteiger partial charge on any atom is -0.452 e. The number of halogens is 1. The van der Waals surface area contributed by atoms with Crippen LogP contribution in [0.25, 0.3) is 11.1 Å². The zero-order valence-electron chi connectivity index (χ0n) is 11.8. The fourth-order valence-corrected chi connectivity index (χ4v) is 2.09. The quantitative estimate of drug-likeness (QED) is 0.486. The number of hydrogen-bond donors (Lipinski definition) is 2. The largest absolute Gasteiger partial charge is 0.452 e. The number of nitrogens with zero attached hydrogens (tertiary/aromatic N) is 1. The summed E-state index contributed by atoms with van der Waals surface area (Å²) in [6, 6.07) is 8.16. The Bertz CT molecular complexity index is 860. The van der Waals surface area contributed by atoms with Gasteiger partial charge in [-0.1, -0.05) is 12.1 Å². The Morgan fingerprint density at radius 3 is 2.74 bits per heavy atom. The van der Waals surface area contributed by atoms with Crippen LogP contribution in [0.1, 0.15) is 10.4 Å². The number of hydrogen-bond acceptors (Lipinski definition) is 6. The summed E-state index contributed by atoms with van der Waals surface area (Å²) >= 11 is 5.89. The number of nitrogens with two attached hydrogens (primary N) is 1. The average Bonchev–Trinajstić information content (AvgIpc) is 2.91. The van der Waals surface area contributed by atoms with Crippen LogP contribution < -0.4 is 11.1 Å². The van der Waals surface area contributed by atoms with Crippen molar-refractivity contribution < 1.29 is 21.9 Å². The Labute approximate surface area is 137 Å². The van der Waals surface area contributed by atoms with E-state index >= 15 is 0 Å². The first-order valence-corrected chi connectivity index (χ1v) is 8.32. The summed E-state index contributed by atoms with van der Waals surface area (Å²) in [5.74, 6) is -1.09. The van der Waals surface area contributed by atoms with Gasteiger partial charge in [-0.25, -0.2) is 0 Å². The number of carbonyl (C=O) groups excluding carboxylic acids is 1. The monoisotopic (exact) mass is 357 g/mol. The molecule has 0 unspecified atom stereocenters. The van der Waals surface area contributed by atoms with Gasteiger partial charge in [0.15, 0.2) is 0 Å². The SMILES string of the molecule is CS(=O)(=O)ON=C(N)NC(=O)c1cccc(-c2ccoc2Cl)c1. The molecule has 1 aromatic heterocycles. The predicted octanol–water partition coefficient (Wildman–Crippen LogP) is 1.54. The van der Waals surface area contributed by atoms with Crippen molar-refractivity contribution in [3.63, 3.8) is 0 Å². The fourth-order valence-electron chi connectivity index (χ4n) is 1.65. The van der Waals surface area contributed by atoms with Crippen molar-refractivity contribution in [1.82, 2.24) is 5.32 Å². The number of amides is 1. The van der Waals surface area contributed by atoms with E-state index in [1.165, 1.54) is 12.3 Å². The molecule has 23 heavy (non-hydrogen) atoms. The van der Waals surface area contributed by atoms with Crippen molar-refractivity contribution in [1.29, 1.82) is 0 Å².